The monoisotopic (exact) mass is 199 g/mol. The molecule has 0 radical (unpaired) electrons. The normalized spacial score (nSPS) is 17.4. The lowest BCUT2D eigenvalue weighted by atomic mass is 10.2. The van der Waals surface area contributed by atoms with Crippen LogP contribution in [0.2, 0.25) is 0 Å². The average Bonchev–Trinajstić information content (AvgIpc) is 1.94. The number of hydrogen-bond donors (Lipinski definition) is 1. The van der Waals surface area contributed by atoms with E-state index in [9.17, 15) is 0 Å². The van der Waals surface area contributed by atoms with Crippen LogP contribution in [0.15, 0.2) is 35.3 Å². The van der Waals surface area contributed by atoms with E-state index in [1.54, 1.807) is 12.2 Å². The summed E-state index contributed by atoms with van der Waals surface area (Å²) in [6, 6.07) is 0. The van der Waals surface area contributed by atoms with Crippen molar-refractivity contribution in [1.29, 1.82) is 0 Å². The van der Waals surface area contributed by atoms with Crippen LogP contribution in [-0.2, 0) is 4.74 Å². The zero-order valence-electron chi connectivity index (χ0n) is 8.15. The molecular weight excluding hydrogens is 186 g/mol. The van der Waals surface area contributed by atoms with Crippen molar-refractivity contribution in [3.63, 3.8) is 0 Å². The van der Waals surface area contributed by atoms with Crippen LogP contribution < -0.4 is 5.32 Å². The van der Waals surface area contributed by atoms with Crippen molar-refractivity contribution >= 4 is 11.6 Å². The van der Waals surface area contributed by atoms with Crippen LogP contribution in [0, 0.1) is 0 Å². The van der Waals surface area contributed by atoms with Gasteiger partial charge in [0, 0.05) is 0 Å². The van der Waals surface area contributed by atoms with Crippen LogP contribution >= 0.6 is 11.6 Å². The molecule has 0 fully saturated rings. The molecule has 0 saturated heterocycles. The van der Waals surface area contributed by atoms with E-state index < -0.39 is 0 Å². The molecule has 1 rings (SSSR count). The molecule has 1 N–H and O–H groups in total. The maximum Gasteiger partial charge on any atom is 0.191 e. The van der Waals surface area contributed by atoms with Crippen LogP contribution in [0.25, 0.3) is 0 Å². The molecule has 0 unspecified atom stereocenters. The zero-order valence-corrected chi connectivity index (χ0v) is 8.90. The summed E-state index contributed by atoms with van der Waals surface area (Å²) in [6.45, 7) is 9.70. The summed E-state index contributed by atoms with van der Waals surface area (Å²) in [5.41, 5.74) is 0.458. The van der Waals surface area contributed by atoms with Gasteiger partial charge in [0.25, 0.3) is 0 Å². The molecule has 0 aliphatic carbocycles. The number of allylic oxidation sites excluding steroid dienone is 3. The highest BCUT2D eigenvalue weighted by Crippen LogP contribution is 2.20. The first-order valence-corrected chi connectivity index (χ1v) is 4.49. The molecule has 0 bridgehead atoms. The summed E-state index contributed by atoms with van der Waals surface area (Å²) in [5, 5.41) is 3.58. The fourth-order valence-electron chi connectivity index (χ4n) is 0.889. The smallest absolute Gasteiger partial charge is 0.191 e. The van der Waals surface area contributed by atoms with Gasteiger partial charge in [-0.3, -0.25) is 0 Å². The Balaban J connectivity index is 2.70. The van der Waals surface area contributed by atoms with Crippen LogP contribution in [-0.4, -0.2) is 5.60 Å². The first-order chi connectivity index (χ1) is 5.88. The first-order valence-electron chi connectivity index (χ1n) is 4.11. The quantitative estimate of drug-likeness (QED) is 0.701. The van der Waals surface area contributed by atoms with Gasteiger partial charge in [-0.1, -0.05) is 18.2 Å². The predicted octanol–water partition coefficient (Wildman–Crippen LogP) is 2.88. The van der Waals surface area contributed by atoms with Crippen molar-refractivity contribution in [2.45, 2.75) is 26.4 Å². The van der Waals surface area contributed by atoms with Crippen molar-refractivity contribution in [1.82, 2.24) is 5.32 Å². The third-order valence-electron chi connectivity index (χ3n) is 1.36. The van der Waals surface area contributed by atoms with E-state index in [2.05, 4.69) is 11.9 Å². The van der Waals surface area contributed by atoms with Gasteiger partial charge in [-0.15, -0.1) is 0 Å². The van der Waals surface area contributed by atoms with Crippen molar-refractivity contribution in [3.8, 4) is 0 Å². The predicted molar refractivity (Wildman–Crippen MR) is 55.1 cm³/mol. The van der Waals surface area contributed by atoms with Gasteiger partial charge in [-0.05, 0) is 32.9 Å². The fourth-order valence-corrected chi connectivity index (χ4v) is 0.999. The highest BCUT2D eigenvalue weighted by molar-refractivity contribution is 6.32. The second-order valence-electron chi connectivity index (χ2n) is 3.86. The second kappa shape index (κ2) is 3.46. The van der Waals surface area contributed by atoms with E-state index in [0.717, 1.165) is 0 Å². The Kier molecular flexibility index (Phi) is 2.71. The minimum absolute atomic E-state index is 0.212. The average molecular weight is 200 g/mol. The van der Waals surface area contributed by atoms with Gasteiger partial charge in [0.1, 0.15) is 5.60 Å². The third-order valence-corrected chi connectivity index (χ3v) is 1.71. The molecule has 1 heterocycles. The molecule has 0 amide bonds. The Morgan fingerprint density at radius 1 is 1.38 bits per heavy atom. The van der Waals surface area contributed by atoms with E-state index in [1.165, 1.54) is 0 Å². The Bertz CT molecular complexity index is 284. The van der Waals surface area contributed by atoms with Crippen molar-refractivity contribution < 1.29 is 4.74 Å². The maximum absolute atomic E-state index is 5.80. The van der Waals surface area contributed by atoms with Gasteiger partial charge >= 0.3 is 0 Å². The molecule has 1 aliphatic heterocycles. The van der Waals surface area contributed by atoms with Crippen molar-refractivity contribution in [2.24, 2.45) is 0 Å². The molecule has 3 heteroatoms. The molecule has 0 aromatic carbocycles. The van der Waals surface area contributed by atoms with Crippen LogP contribution in [0.5, 0.6) is 0 Å². The Morgan fingerprint density at radius 3 is 2.46 bits per heavy atom. The minimum atomic E-state index is -0.212. The summed E-state index contributed by atoms with van der Waals surface area (Å²) in [6.07, 6.45) is 3.56. The summed E-state index contributed by atoms with van der Waals surface area (Å²) in [4.78, 5) is 0. The molecule has 2 nitrogen and oxygen atoms in total. The molecule has 1 aliphatic rings. The zero-order chi connectivity index (χ0) is 10.1. The molecule has 72 valence electrons. The molecule has 0 aromatic rings. The largest absolute Gasteiger partial charge is 0.473 e. The highest BCUT2D eigenvalue weighted by Gasteiger charge is 2.16. The van der Waals surface area contributed by atoms with Crippen LogP contribution in [0.1, 0.15) is 20.8 Å². The number of rotatable bonds is 1. The number of halogens is 1. The SMILES string of the molecule is C=C1NC(OC(C)(C)C)=CC=C1Cl. The summed E-state index contributed by atoms with van der Waals surface area (Å²) >= 11 is 5.80. The van der Waals surface area contributed by atoms with Crippen molar-refractivity contribution in [3.05, 3.63) is 35.3 Å². The first kappa shape index (κ1) is 10.2. The third kappa shape index (κ3) is 3.15. The number of nitrogens with one attached hydrogen (secondary N) is 1. The second-order valence-corrected chi connectivity index (χ2v) is 4.27. The number of ether oxygens (including phenoxy) is 1. The molecular formula is C10H14ClNO. The van der Waals surface area contributed by atoms with E-state index in [-0.39, 0.29) is 5.60 Å². The number of dihydropyridines is 1. The highest BCUT2D eigenvalue weighted by atomic mass is 35.5. The van der Waals surface area contributed by atoms with Gasteiger partial charge in [0.05, 0.1) is 10.7 Å². The number of hydrogen-bond acceptors (Lipinski definition) is 2. The van der Waals surface area contributed by atoms with Gasteiger partial charge < -0.3 is 10.1 Å². The lowest BCUT2D eigenvalue weighted by Crippen LogP contribution is -2.26. The van der Waals surface area contributed by atoms with E-state index in [1.807, 2.05) is 20.8 Å². The standard InChI is InChI=1S/C10H14ClNO/c1-7-8(11)5-6-9(12-7)13-10(2,3)4/h5-6,12H,1H2,2-4H3. The minimum Gasteiger partial charge on any atom is -0.473 e. The van der Waals surface area contributed by atoms with Gasteiger partial charge in [-0.2, -0.15) is 0 Å². The molecule has 13 heavy (non-hydrogen) atoms. The summed E-state index contributed by atoms with van der Waals surface area (Å²) < 4.78 is 5.58. The van der Waals surface area contributed by atoms with E-state index >= 15 is 0 Å². The molecule has 0 spiro atoms. The van der Waals surface area contributed by atoms with Crippen LogP contribution in [0.3, 0.4) is 0 Å². The Hall–Kier alpha value is -0.890. The van der Waals surface area contributed by atoms with E-state index in [4.69, 9.17) is 16.3 Å². The maximum atomic E-state index is 5.80. The lowest BCUT2D eigenvalue weighted by molar-refractivity contribution is 0.0430. The molecule has 0 aromatic heterocycles. The van der Waals surface area contributed by atoms with Crippen LogP contribution in [0.4, 0.5) is 0 Å². The van der Waals surface area contributed by atoms with Crippen molar-refractivity contribution in [2.75, 3.05) is 0 Å². The van der Waals surface area contributed by atoms with Gasteiger partial charge in [-0.25, -0.2) is 0 Å². The Morgan fingerprint density at radius 2 is 2.00 bits per heavy atom. The molecule has 0 saturated carbocycles. The Labute approximate surface area is 83.9 Å². The fraction of sp³-hybridized carbons (Fsp3) is 0.400. The molecule has 0 atom stereocenters. The van der Waals surface area contributed by atoms with Gasteiger partial charge in [0.2, 0.25) is 0 Å². The summed E-state index contributed by atoms with van der Waals surface area (Å²) in [5.74, 6) is 0.682. The lowest BCUT2D eigenvalue weighted by Gasteiger charge is -2.25. The summed E-state index contributed by atoms with van der Waals surface area (Å²) in [7, 11) is 0. The van der Waals surface area contributed by atoms with E-state index in [0.29, 0.717) is 16.6 Å². The topological polar surface area (TPSA) is 21.3 Å². The van der Waals surface area contributed by atoms with Gasteiger partial charge in [0.15, 0.2) is 5.88 Å².